The Hall–Kier alpha value is -2.38. The second-order valence-corrected chi connectivity index (χ2v) is 5.85. The molecule has 118 valence electrons. The molecule has 0 bridgehead atoms. The Morgan fingerprint density at radius 2 is 2.22 bits per heavy atom. The van der Waals surface area contributed by atoms with E-state index in [0.717, 1.165) is 0 Å². The summed E-state index contributed by atoms with van der Waals surface area (Å²) in [5.74, 6) is -0.0798. The summed E-state index contributed by atoms with van der Waals surface area (Å²) in [6.45, 7) is 0.0981. The topological polar surface area (TPSA) is 69.9 Å². The molecule has 0 spiro atoms. The lowest BCUT2D eigenvalue weighted by atomic mass is 10.2. The van der Waals surface area contributed by atoms with Crippen molar-refractivity contribution in [2.45, 2.75) is 6.61 Å². The van der Waals surface area contributed by atoms with Gasteiger partial charge in [-0.2, -0.15) is 0 Å². The number of thiazole rings is 1. The molecule has 23 heavy (non-hydrogen) atoms. The number of ether oxygens (including phenoxy) is 2. The molecule has 0 fully saturated rings. The van der Waals surface area contributed by atoms with E-state index in [4.69, 9.17) is 16.3 Å². The molecule has 3 aromatic rings. The second-order valence-electron chi connectivity index (χ2n) is 4.57. The van der Waals surface area contributed by atoms with Gasteiger partial charge in [0, 0.05) is 17.6 Å². The lowest BCUT2D eigenvalue weighted by Gasteiger charge is -2.08. The quantitative estimate of drug-likeness (QED) is 0.677. The number of aromatic nitrogens is 2. The number of halogens is 1. The van der Waals surface area contributed by atoms with Crippen molar-refractivity contribution in [2.24, 2.45) is 0 Å². The predicted molar refractivity (Wildman–Crippen MR) is 86.5 cm³/mol. The Kier molecular flexibility index (Phi) is 4.31. The smallest absolute Gasteiger partial charge is 0.337 e. The minimum atomic E-state index is -0.476. The summed E-state index contributed by atoms with van der Waals surface area (Å²) in [5, 5.41) is 2.07. The van der Waals surface area contributed by atoms with E-state index in [1.54, 1.807) is 23.7 Å². The Morgan fingerprint density at radius 1 is 1.39 bits per heavy atom. The number of hydrogen-bond donors (Lipinski definition) is 0. The van der Waals surface area contributed by atoms with Crippen LogP contribution in [0, 0.1) is 0 Å². The van der Waals surface area contributed by atoms with Crippen molar-refractivity contribution in [3.63, 3.8) is 0 Å². The van der Waals surface area contributed by atoms with Crippen molar-refractivity contribution >= 4 is 33.9 Å². The van der Waals surface area contributed by atoms with Gasteiger partial charge < -0.3 is 9.47 Å². The molecule has 0 amide bonds. The second kappa shape index (κ2) is 6.39. The standard InChI is InChI=1S/C15H11ClN2O4S/c1-21-14(20)9-2-3-12(11(16)6-9)22-8-10-7-13(19)18-4-5-23-15(18)17-10/h2-7H,8H2,1H3. The molecule has 0 N–H and O–H groups in total. The predicted octanol–water partition coefficient (Wildman–Crippen LogP) is 2.78. The molecule has 0 aliphatic carbocycles. The molecule has 0 unspecified atom stereocenters. The molecule has 0 atom stereocenters. The maximum absolute atomic E-state index is 11.9. The molecule has 0 saturated carbocycles. The fourth-order valence-electron chi connectivity index (χ4n) is 1.98. The van der Waals surface area contributed by atoms with Crippen LogP contribution in [0.2, 0.25) is 5.02 Å². The molecule has 0 saturated heterocycles. The highest BCUT2D eigenvalue weighted by atomic mass is 35.5. The minimum absolute atomic E-state index is 0.0981. The fourth-order valence-corrected chi connectivity index (χ4v) is 2.95. The summed E-state index contributed by atoms with van der Waals surface area (Å²) in [5.41, 5.74) is 0.675. The Labute approximate surface area is 139 Å². The van der Waals surface area contributed by atoms with Crippen LogP contribution in [0.4, 0.5) is 0 Å². The van der Waals surface area contributed by atoms with Crippen LogP contribution < -0.4 is 10.3 Å². The van der Waals surface area contributed by atoms with E-state index >= 15 is 0 Å². The third kappa shape index (κ3) is 3.20. The van der Waals surface area contributed by atoms with E-state index in [2.05, 4.69) is 9.72 Å². The molecular formula is C15H11ClN2O4S. The largest absolute Gasteiger partial charge is 0.486 e. The van der Waals surface area contributed by atoms with Crippen LogP contribution in [-0.2, 0) is 11.3 Å². The van der Waals surface area contributed by atoms with Gasteiger partial charge in [-0.3, -0.25) is 9.20 Å². The third-order valence-corrected chi connectivity index (χ3v) is 4.14. The first-order valence-corrected chi connectivity index (χ1v) is 7.80. The molecular weight excluding hydrogens is 340 g/mol. The van der Waals surface area contributed by atoms with Crippen molar-refractivity contribution in [3.05, 3.63) is 62.5 Å². The molecule has 1 aromatic carbocycles. The van der Waals surface area contributed by atoms with Crippen molar-refractivity contribution in [1.29, 1.82) is 0 Å². The summed E-state index contributed by atoms with van der Waals surface area (Å²) in [7, 11) is 1.30. The average Bonchev–Trinajstić information content (AvgIpc) is 3.02. The van der Waals surface area contributed by atoms with Gasteiger partial charge in [-0.1, -0.05) is 11.6 Å². The van der Waals surface area contributed by atoms with Crippen LogP contribution in [0.25, 0.3) is 4.96 Å². The van der Waals surface area contributed by atoms with E-state index in [1.807, 2.05) is 0 Å². The molecule has 2 heterocycles. The van der Waals surface area contributed by atoms with Crippen molar-refractivity contribution < 1.29 is 14.3 Å². The van der Waals surface area contributed by atoms with Crippen molar-refractivity contribution in [3.8, 4) is 5.75 Å². The van der Waals surface area contributed by atoms with Crippen LogP contribution in [0.1, 0.15) is 16.1 Å². The number of nitrogens with zero attached hydrogens (tertiary/aromatic N) is 2. The monoisotopic (exact) mass is 350 g/mol. The lowest BCUT2D eigenvalue weighted by molar-refractivity contribution is 0.0600. The van der Waals surface area contributed by atoms with Gasteiger partial charge in [-0.15, -0.1) is 11.3 Å². The Morgan fingerprint density at radius 3 is 2.96 bits per heavy atom. The number of carbonyl (C=O) groups is 1. The molecule has 8 heteroatoms. The first-order valence-electron chi connectivity index (χ1n) is 6.55. The highest BCUT2D eigenvalue weighted by Gasteiger charge is 2.10. The molecule has 0 aliphatic rings. The van der Waals surface area contributed by atoms with E-state index in [1.165, 1.54) is 35.0 Å². The fraction of sp³-hybridized carbons (Fsp3) is 0.133. The van der Waals surface area contributed by atoms with Crippen LogP contribution in [0.3, 0.4) is 0 Å². The van der Waals surface area contributed by atoms with E-state index in [0.29, 0.717) is 22.0 Å². The third-order valence-electron chi connectivity index (χ3n) is 3.08. The summed E-state index contributed by atoms with van der Waals surface area (Å²) in [6.07, 6.45) is 1.67. The molecule has 6 nitrogen and oxygen atoms in total. The first kappa shape index (κ1) is 15.5. The van der Waals surface area contributed by atoms with Gasteiger partial charge in [-0.05, 0) is 18.2 Å². The zero-order valence-corrected chi connectivity index (χ0v) is 13.6. The number of benzene rings is 1. The summed E-state index contributed by atoms with van der Waals surface area (Å²) < 4.78 is 11.7. The van der Waals surface area contributed by atoms with Gasteiger partial charge in [-0.25, -0.2) is 9.78 Å². The number of hydrogen-bond acceptors (Lipinski definition) is 6. The maximum Gasteiger partial charge on any atom is 0.337 e. The SMILES string of the molecule is COC(=O)c1ccc(OCc2cc(=O)n3ccsc3n2)c(Cl)c1. The summed E-state index contributed by atoms with van der Waals surface area (Å²) >= 11 is 7.46. The maximum atomic E-state index is 11.9. The van der Waals surface area contributed by atoms with E-state index in [-0.39, 0.29) is 17.2 Å². The van der Waals surface area contributed by atoms with Gasteiger partial charge in [0.2, 0.25) is 0 Å². The van der Waals surface area contributed by atoms with Crippen LogP contribution >= 0.6 is 22.9 Å². The highest BCUT2D eigenvalue weighted by molar-refractivity contribution is 7.15. The number of methoxy groups -OCH3 is 1. The van der Waals surface area contributed by atoms with E-state index < -0.39 is 5.97 Å². The van der Waals surface area contributed by atoms with Crippen molar-refractivity contribution in [2.75, 3.05) is 7.11 Å². The van der Waals surface area contributed by atoms with Gasteiger partial charge in [0.25, 0.3) is 5.56 Å². The number of fused-ring (bicyclic) bond motifs is 1. The van der Waals surface area contributed by atoms with Crippen molar-refractivity contribution in [1.82, 2.24) is 9.38 Å². The summed E-state index contributed by atoms with van der Waals surface area (Å²) in [6, 6.07) is 6.01. The average molecular weight is 351 g/mol. The lowest BCUT2D eigenvalue weighted by Crippen LogP contribution is -2.14. The van der Waals surface area contributed by atoms with Gasteiger partial charge >= 0.3 is 5.97 Å². The Bertz CT molecular complexity index is 935. The number of esters is 1. The molecule has 0 radical (unpaired) electrons. The minimum Gasteiger partial charge on any atom is -0.486 e. The van der Waals surface area contributed by atoms with E-state index in [9.17, 15) is 9.59 Å². The number of carbonyl (C=O) groups excluding carboxylic acids is 1. The van der Waals surface area contributed by atoms with Crippen LogP contribution in [-0.4, -0.2) is 22.5 Å². The summed E-state index contributed by atoms with van der Waals surface area (Å²) in [4.78, 5) is 28.3. The zero-order chi connectivity index (χ0) is 16.4. The van der Waals surface area contributed by atoms with Gasteiger partial charge in [0.15, 0.2) is 4.96 Å². The normalized spacial score (nSPS) is 10.7. The molecule has 2 aromatic heterocycles. The zero-order valence-electron chi connectivity index (χ0n) is 12.0. The van der Waals surface area contributed by atoms with Gasteiger partial charge in [0.1, 0.15) is 12.4 Å². The number of rotatable bonds is 4. The van der Waals surface area contributed by atoms with Crippen LogP contribution in [0.5, 0.6) is 5.75 Å². The highest BCUT2D eigenvalue weighted by Crippen LogP contribution is 2.26. The van der Waals surface area contributed by atoms with Crippen LogP contribution in [0.15, 0.2) is 40.6 Å². The van der Waals surface area contributed by atoms with Gasteiger partial charge in [0.05, 0.1) is 23.4 Å². The Balaban J connectivity index is 1.79. The molecule has 0 aliphatic heterocycles. The first-order chi connectivity index (χ1) is 11.1. The molecule has 3 rings (SSSR count).